The van der Waals surface area contributed by atoms with Crippen LogP contribution in [-0.2, 0) is 13.0 Å². The Hall–Kier alpha value is -2.03. The van der Waals surface area contributed by atoms with Crippen LogP contribution < -0.4 is 10.1 Å². The fourth-order valence-electron chi connectivity index (χ4n) is 3.69. The van der Waals surface area contributed by atoms with Crippen LogP contribution in [0.2, 0.25) is 0 Å². The number of alkyl halides is 3. The number of benzene rings is 1. The Morgan fingerprint density at radius 2 is 1.97 bits per heavy atom. The number of thiophene rings is 1. The van der Waals surface area contributed by atoms with E-state index in [0.29, 0.717) is 19.1 Å². The van der Waals surface area contributed by atoms with E-state index in [9.17, 15) is 13.2 Å². The molecule has 1 aromatic carbocycles. The van der Waals surface area contributed by atoms with Crippen LogP contribution in [0.5, 0.6) is 5.06 Å². The Bertz CT molecular complexity index is 934. The molecule has 0 spiro atoms. The summed E-state index contributed by atoms with van der Waals surface area (Å²) in [5.74, 6) is 0. The first-order chi connectivity index (χ1) is 13.9. The molecule has 4 nitrogen and oxygen atoms in total. The van der Waals surface area contributed by atoms with Crippen LogP contribution in [0.1, 0.15) is 18.2 Å². The van der Waals surface area contributed by atoms with E-state index >= 15 is 0 Å². The minimum absolute atomic E-state index is 0.0895. The largest absolute Gasteiger partial charge is 0.478 e. The first kappa shape index (κ1) is 20.3. The monoisotopic (exact) mass is 423 g/mol. The third-order valence-electron chi connectivity index (χ3n) is 5.29. The number of nitrogens with one attached hydrogen (secondary N) is 2. The number of ether oxygens (including phenoxy) is 1. The number of aromatic amines is 1. The summed E-state index contributed by atoms with van der Waals surface area (Å²) >= 11 is 1.65. The quantitative estimate of drug-likeness (QED) is 0.648. The summed E-state index contributed by atoms with van der Waals surface area (Å²) in [6, 6.07) is 11.8. The maximum atomic E-state index is 12.5. The van der Waals surface area contributed by atoms with E-state index in [2.05, 4.69) is 10.3 Å². The number of halogens is 3. The van der Waals surface area contributed by atoms with Gasteiger partial charge in [0, 0.05) is 42.3 Å². The average molecular weight is 424 g/mol. The first-order valence-electron chi connectivity index (χ1n) is 9.69. The fourth-order valence-corrected chi connectivity index (χ4v) is 4.33. The molecule has 2 N–H and O–H groups in total. The minimum Gasteiger partial charge on any atom is -0.478 e. The number of hydrogen-bond donors (Lipinski definition) is 2. The Kier molecular flexibility index (Phi) is 5.85. The van der Waals surface area contributed by atoms with Gasteiger partial charge in [-0.05, 0) is 42.5 Å². The zero-order valence-electron chi connectivity index (χ0n) is 16.1. The Morgan fingerprint density at radius 3 is 2.62 bits per heavy atom. The van der Waals surface area contributed by atoms with Gasteiger partial charge in [0.15, 0.2) is 5.06 Å². The Morgan fingerprint density at radius 1 is 1.17 bits per heavy atom. The summed E-state index contributed by atoms with van der Waals surface area (Å²) in [4.78, 5) is 4.73. The lowest BCUT2D eigenvalue weighted by Gasteiger charge is -2.33. The van der Waals surface area contributed by atoms with Crippen molar-refractivity contribution < 1.29 is 17.9 Å². The molecule has 5 rings (SSSR count). The molecule has 1 atom stereocenters. The standard InChI is InChI=1S/C14H15F3N2.C7H9NOS/c1-9-6-11-10-4-2-3-5-12(10)18-13(11)7-19(9)8-14(15,16)17;1-2-7(10-3-1)9-6-4-8-5-6/h2-5,9,18H,6-8H2,1H3;1-3,6,8H,4-5H2. The number of fused-ring (bicyclic) bond motifs is 3. The average Bonchev–Trinajstić information content (AvgIpc) is 3.25. The highest BCUT2D eigenvalue weighted by atomic mass is 32.1. The third-order valence-corrected chi connectivity index (χ3v) is 6.05. The maximum absolute atomic E-state index is 12.5. The third kappa shape index (κ3) is 4.94. The Balaban J connectivity index is 0.000000171. The second-order valence-corrected chi connectivity index (χ2v) is 8.44. The number of nitrogens with zero attached hydrogens (tertiary/aromatic N) is 1. The molecule has 4 heterocycles. The van der Waals surface area contributed by atoms with Crippen molar-refractivity contribution in [3.05, 3.63) is 53.0 Å². The minimum atomic E-state index is -4.14. The van der Waals surface area contributed by atoms with Crippen LogP contribution in [0.4, 0.5) is 13.2 Å². The van der Waals surface area contributed by atoms with E-state index in [1.54, 1.807) is 11.3 Å². The van der Waals surface area contributed by atoms with Gasteiger partial charge in [0.25, 0.3) is 0 Å². The molecule has 0 aliphatic carbocycles. The molecule has 0 amide bonds. The highest BCUT2D eigenvalue weighted by Gasteiger charge is 2.35. The van der Waals surface area contributed by atoms with Gasteiger partial charge < -0.3 is 15.0 Å². The zero-order valence-corrected chi connectivity index (χ0v) is 16.9. The molecule has 0 saturated carbocycles. The van der Waals surface area contributed by atoms with Crippen molar-refractivity contribution in [3.8, 4) is 5.06 Å². The summed E-state index contributed by atoms with van der Waals surface area (Å²) < 4.78 is 43.2. The lowest BCUT2D eigenvalue weighted by Crippen LogP contribution is -2.50. The van der Waals surface area contributed by atoms with E-state index in [-0.39, 0.29) is 6.04 Å². The molecule has 8 heteroatoms. The smallest absolute Gasteiger partial charge is 0.401 e. The predicted molar refractivity (Wildman–Crippen MR) is 110 cm³/mol. The Labute approximate surface area is 171 Å². The van der Waals surface area contributed by atoms with Crippen molar-refractivity contribution in [3.63, 3.8) is 0 Å². The molecule has 2 aliphatic rings. The molecule has 1 unspecified atom stereocenters. The van der Waals surface area contributed by atoms with Crippen molar-refractivity contribution in [2.75, 3.05) is 19.6 Å². The number of rotatable bonds is 3. The lowest BCUT2D eigenvalue weighted by molar-refractivity contribution is -0.152. The topological polar surface area (TPSA) is 40.3 Å². The van der Waals surface area contributed by atoms with Crippen LogP contribution in [-0.4, -0.2) is 47.8 Å². The molecular weight excluding hydrogens is 399 g/mol. The van der Waals surface area contributed by atoms with Gasteiger partial charge in [-0.3, -0.25) is 4.90 Å². The van der Waals surface area contributed by atoms with Gasteiger partial charge in [0.1, 0.15) is 6.10 Å². The molecule has 1 fully saturated rings. The predicted octanol–water partition coefficient (Wildman–Crippen LogP) is 4.58. The van der Waals surface area contributed by atoms with Gasteiger partial charge in [-0.2, -0.15) is 13.2 Å². The van der Waals surface area contributed by atoms with Gasteiger partial charge in [-0.25, -0.2) is 0 Å². The van der Waals surface area contributed by atoms with Gasteiger partial charge in [0.2, 0.25) is 0 Å². The van der Waals surface area contributed by atoms with Crippen LogP contribution in [0.25, 0.3) is 10.9 Å². The summed E-state index contributed by atoms with van der Waals surface area (Å²) in [6.07, 6.45) is -3.06. The lowest BCUT2D eigenvalue weighted by atomic mass is 9.98. The van der Waals surface area contributed by atoms with Crippen molar-refractivity contribution in [1.82, 2.24) is 15.2 Å². The number of aromatic nitrogens is 1. The molecule has 1 saturated heterocycles. The molecule has 2 aromatic heterocycles. The molecule has 3 aromatic rings. The number of H-pyrrole nitrogens is 1. The van der Waals surface area contributed by atoms with Crippen LogP contribution in [0, 0.1) is 0 Å². The van der Waals surface area contributed by atoms with Gasteiger partial charge in [-0.1, -0.05) is 18.2 Å². The van der Waals surface area contributed by atoms with Crippen LogP contribution in [0.15, 0.2) is 41.8 Å². The summed E-state index contributed by atoms with van der Waals surface area (Å²) in [7, 11) is 0. The molecule has 0 radical (unpaired) electrons. The number of hydrogen-bond acceptors (Lipinski definition) is 4. The molecule has 156 valence electrons. The van der Waals surface area contributed by atoms with Crippen molar-refractivity contribution in [2.45, 2.75) is 38.2 Å². The second-order valence-electron chi connectivity index (χ2n) is 7.53. The van der Waals surface area contributed by atoms with E-state index < -0.39 is 12.7 Å². The van der Waals surface area contributed by atoms with Crippen molar-refractivity contribution in [2.24, 2.45) is 0 Å². The van der Waals surface area contributed by atoms with Gasteiger partial charge >= 0.3 is 6.18 Å². The SMILES string of the molecule is CC1Cc2c([nH]c3ccccc23)CN1CC(F)(F)F.c1csc(OC2CNC2)c1. The summed E-state index contributed by atoms with van der Waals surface area (Å²) in [6.45, 7) is 3.35. The van der Waals surface area contributed by atoms with Crippen LogP contribution >= 0.6 is 11.3 Å². The van der Waals surface area contributed by atoms with Crippen LogP contribution in [0.3, 0.4) is 0 Å². The highest BCUT2D eigenvalue weighted by molar-refractivity contribution is 7.11. The zero-order chi connectivity index (χ0) is 20.4. The fraction of sp³-hybridized carbons (Fsp3) is 0.429. The van der Waals surface area contributed by atoms with E-state index in [1.165, 1.54) is 10.5 Å². The van der Waals surface area contributed by atoms with E-state index in [1.807, 2.05) is 48.7 Å². The van der Waals surface area contributed by atoms with Crippen molar-refractivity contribution >= 4 is 22.2 Å². The van der Waals surface area contributed by atoms with E-state index in [0.717, 1.165) is 34.7 Å². The normalized spacial score (nSPS) is 19.9. The van der Waals surface area contributed by atoms with Gasteiger partial charge in [-0.15, -0.1) is 11.3 Å². The molecule has 29 heavy (non-hydrogen) atoms. The summed E-state index contributed by atoms with van der Waals surface area (Å²) in [5, 5.41) is 7.35. The van der Waals surface area contributed by atoms with Gasteiger partial charge in [0.05, 0.1) is 6.54 Å². The molecular formula is C21H24F3N3OS. The maximum Gasteiger partial charge on any atom is 0.401 e. The van der Waals surface area contributed by atoms with E-state index in [4.69, 9.17) is 4.74 Å². The second kappa shape index (κ2) is 8.38. The van der Waals surface area contributed by atoms with Crippen molar-refractivity contribution in [1.29, 1.82) is 0 Å². The molecule has 2 aliphatic heterocycles. The highest BCUT2D eigenvalue weighted by Crippen LogP contribution is 2.31. The number of para-hydroxylation sites is 1. The summed E-state index contributed by atoms with van der Waals surface area (Å²) in [5.41, 5.74) is 3.10. The molecule has 0 bridgehead atoms. The first-order valence-corrected chi connectivity index (χ1v) is 10.6.